The number of nitrogens with one attached hydrogen (secondary N) is 1. The minimum absolute atomic E-state index is 0.234. The van der Waals surface area contributed by atoms with Crippen molar-refractivity contribution in [3.05, 3.63) is 83.4 Å². The summed E-state index contributed by atoms with van der Waals surface area (Å²) in [5.41, 5.74) is 3.99. The van der Waals surface area contributed by atoms with Crippen molar-refractivity contribution in [1.82, 2.24) is 10.4 Å². The Hall–Kier alpha value is -3.92. The van der Waals surface area contributed by atoms with E-state index in [1.165, 1.54) is 0 Å². The summed E-state index contributed by atoms with van der Waals surface area (Å²) >= 11 is 0. The molecule has 3 aromatic carbocycles. The normalized spacial score (nSPS) is 15.6. The molecule has 1 aliphatic heterocycles. The largest absolute Gasteiger partial charge is 0.489 e. The zero-order chi connectivity index (χ0) is 30.7. The van der Waals surface area contributed by atoms with Crippen molar-refractivity contribution in [2.45, 2.75) is 51.9 Å². The zero-order valence-electron chi connectivity index (χ0n) is 25.5. The fourth-order valence-electron chi connectivity index (χ4n) is 4.58. The third kappa shape index (κ3) is 10.1. The third-order valence-electron chi connectivity index (χ3n) is 6.74. The van der Waals surface area contributed by atoms with E-state index < -0.39 is 18.0 Å². The van der Waals surface area contributed by atoms with Crippen LogP contribution in [0, 0.1) is 0 Å². The standard InChI is InChI=1S/C34H42N2O7/c1-34(2,3)42-33(38)36(19-21-39-4)23-26(24-41-30-13-9-11-27-10-5-6-12-29(27)30)22-25-15-17-28(18-16-25)32(37)35-43-31-14-7-8-20-40-31/h5-6,9-13,15-18,22,31H,7-8,14,19-21,23-24H2,1-4H3,(H,35,37). The van der Waals surface area contributed by atoms with Crippen molar-refractivity contribution in [3.63, 3.8) is 0 Å². The number of carbonyl (C=O) groups excluding carboxylic acids is 2. The van der Waals surface area contributed by atoms with Crippen LogP contribution in [-0.2, 0) is 19.0 Å². The van der Waals surface area contributed by atoms with Gasteiger partial charge in [0.25, 0.3) is 5.91 Å². The van der Waals surface area contributed by atoms with Crippen molar-refractivity contribution in [1.29, 1.82) is 0 Å². The van der Waals surface area contributed by atoms with Crippen LogP contribution in [0.3, 0.4) is 0 Å². The van der Waals surface area contributed by atoms with Crippen LogP contribution in [0.2, 0.25) is 0 Å². The highest BCUT2D eigenvalue weighted by molar-refractivity contribution is 5.93. The molecule has 0 aliphatic carbocycles. The summed E-state index contributed by atoms with van der Waals surface area (Å²) in [7, 11) is 1.60. The molecule has 4 rings (SSSR count). The van der Waals surface area contributed by atoms with Gasteiger partial charge in [0.15, 0.2) is 6.29 Å². The second-order valence-electron chi connectivity index (χ2n) is 11.4. The lowest BCUT2D eigenvalue weighted by Gasteiger charge is -2.28. The van der Waals surface area contributed by atoms with E-state index in [1.54, 1.807) is 24.1 Å². The summed E-state index contributed by atoms with van der Waals surface area (Å²) in [6.45, 7) is 7.35. The van der Waals surface area contributed by atoms with E-state index in [2.05, 4.69) is 5.48 Å². The molecule has 9 nitrogen and oxygen atoms in total. The lowest BCUT2D eigenvalue weighted by atomic mass is 10.1. The number of methoxy groups -OCH3 is 1. The molecule has 1 aliphatic rings. The van der Waals surface area contributed by atoms with Crippen molar-refractivity contribution in [2.75, 3.05) is 40.0 Å². The number of amides is 2. The van der Waals surface area contributed by atoms with Crippen LogP contribution in [0.1, 0.15) is 56.0 Å². The first-order valence-electron chi connectivity index (χ1n) is 14.7. The average Bonchev–Trinajstić information content (AvgIpc) is 3.00. The molecule has 43 heavy (non-hydrogen) atoms. The topological polar surface area (TPSA) is 95.6 Å². The SMILES string of the molecule is COCCN(CC(=Cc1ccc(C(=O)NOC2CCCCO2)cc1)COc1cccc2ccccc12)C(=O)OC(C)(C)C. The number of hydrogen-bond donors (Lipinski definition) is 1. The third-order valence-corrected chi connectivity index (χ3v) is 6.74. The lowest BCUT2D eigenvalue weighted by Crippen LogP contribution is -2.40. The van der Waals surface area contributed by atoms with Gasteiger partial charge in [-0.25, -0.2) is 15.1 Å². The van der Waals surface area contributed by atoms with Crippen molar-refractivity contribution < 1.29 is 33.4 Å². The van der Waals surface area contributed by atoms with Crippen molar-refractivity contribution >= 4 is 28.8 Å². The lowest BCUT2D eigenvalue weighted by molar-refractivity contribution is -0.186. The first-order chi connectivity index (χ1) is 20.7. The second kappa shape index (κ2) is 15.5. The minimum atomic E-state index is -0.644. The molecule has 1 unspecified atom stereocenters. The van der Waals surface area contributed by atoms with Gasteiger partial charge in [-0.15, -0.1) is 0 Å². The van der Waals surface area contributed by atoms with Gasteiger partial charge in [-0.1, -0.05) is 54.6 Å². The van der Waals surface area contributed by atoms with Crippen LogP contribution in [0.5, 0.6) is 5.75 Å². The van der Waals surface area contributed by atoms with Crippen LogP contribution in [0.4, 0.5) is 4.79 Å². The van der Waals surface area contributed by atoms with Crippen molar-refractivity contribution in [2.24, 2.45) is 0 Å². The molecule has 0 radical (unpaired) electrons. The van der Waals surface area contributed by atoms with E-state index in [-0.39, 0.29) is 19.1 Å². The van der Waals surface area contributed by atoms with Crippen LogP contribution in [0.15, 0.2) is 72.3 Å². The highest BCUT2D eigenvalue weighted by Gasteiger charge is 2.23. The summed E-state index contributed by atoms with van der Waals surface area (Å²) in [5.74, 6) is 0.401. The van der Waals surface area contributed by atoms with Gasteiger partial charge in [0.2, 0.25) is 0 Å². The molecule has 1 saturated heterocycles. The zero-order valence-corrected chi connectivity index (χ0v) is 25.5. The first-order valence-corrected chi connectivity index (χ1v) is 14.7. The molecular weight excluding hydrogens is 548 g/mol. The molecule has 2 amide bonds. The Labute approximate surface area is 253 Å². The van der Waals surface area contributed by atoms with Gasteiger partial charge in [-0.05, 0) is 68.3 Å². The molecule has 9 heteroatoms. The smallest absolute Gasteiger partial charge is 0.410 e. The summed E-state index contributed by atoms with van der Waals surface area (Å²) in [4.78, 5) is 32.8. The van der Waals surface area contributed by atoms with Gasteiger partial charge in [0.1, 0.15) is 18.0 Å². The quantitative estimate of drug-likeness (QED) is 0.245. The fourth-order valence-corrected chi connectivity index (χ4v) is 4.58. The molecule has 1 fully saturated rings. The van der Waals surface area contributed by atoms with E-state index in [0.29, 0.717) is 25.3 Å². The van der Waals surface area contributed by atoms with E-state index >= 15 is 0 Å². The molecule has 0 bridgehead atoms. The predicted octanol–water partition coefficient (Wildman–Crippen LogP) is 6.37. The minimum Gasteiger partial charge on any atom is -0.489 e. The molecule has 0 spiro atoms. The van der Waals surface area contributed by atoms with Gasteiger partial charge in [0.05, 0.1) is 6.61 Å². The van der Waals surface area contributed by atoms with Crippen LogP contribution in [0.25, 0.3) is 16.8 Å². The Morgan fingerprint density at radius 3 is 2.51 bits per heavy atom. The summed E-state index contributed by atoms with van der Waals surface area (Å²) in [5, 5.41) is 2.08. The maximum atomic E-state index is 13.1. The van der Waals surface area contributed by atoms with Gasteiger partial charge in [0, 0.05) is 44.2 Å². The Morgan fingerprint density at radius 1 is 1.02 bits per heavy atom. The number of hydroxylamine groups is 1. The Bertz CT molecular complexity index is 1370. The molecule has 1 heterocycles. The van der Waals surface area contributed by atoms with Gasteiger partial charge in [-0.3, -0.25) is 4.79 Å². The molecular formula is C34H42N2O7. The average molecular weight is 591 g/mol. The number of ether oxygens (including phenoxy) is 4. The van der Waals surface area contributed by atoms with E-state index in [4.69, 9.17) is 23.8 Å². The number of rotatable bonds is 12. The van der Waals surface area contributed by atoms with Crippen LogP contribution < -0.4 is 10.2 Å². The number of carbonyl (C=O) groups is 2. The summed E-state index contributed by atoms with van der Waals surface area (Å²) in [6.07, 6.45) is 3.86. The molecule has 0 aromatic heterocycles. The molecule has 230 valence electrons. The van der Waals surface area contributed by atoms with Gasteiger partial charge >= 0.3 is 6.09 Å². The number of fused-ring (bicyclic) bond motifs is 1. The number of hydrogen-bond acceptors (Lipinski definition) is 7. The molecule has 3 aromatic rings. The second-order valence-corrected chi connectivity index (χ2v) is 11.4. The monoisotopic (exact) mass is 590 g/mol. The summed E-state index contributed by atoms with van der Waals surface area (Å²) in [6, 6.07) is 21.1. The Kier molecular flexibility index (Phi) is 11.6. The number of nitrogens with zero attached hydrogens (tertiary/aromatic N) is 1. The van der Waals surface area contributed by atoms with Gasteiger partial charge in [-0.2, -0.15) is 0 Å². The first kappa shape index (κ1) is 32.0. The Balaban J connectivity index is 1.53. The highest BCUT2D eigenvalue weighted by Crippen LogP contribution is 2.26. The highest BCUT2D eigenvalue weighted by atomic mass is 16.8. The maximum Gasteiger partial charge on any atom is 0.410 e. The number of benzene rings is 3. The van der Waals surface area contributed by atoms with E-state index in [1.807, 2.05) is 81.4 Å². The van der Waals surface area contributed by atoms with E-state index in [9.17, 15) is 9.59 Å². The van der Waals surface area contributed by atoms with E-state index in [0.717, 1.165) is 46.9 Å². The van der Waals surface area contributed by atoms with Crippen LogP contribution >= 0.6 is 0 Å². The van der Waals surface area contributed by atoms with Crippen molar-refractivity contribution in [3.8, 4) is 5.75 Å². The molecule has 1 N–H and O–H groups in total. The summed E-state index contributed by atoms with van der Waals surface area (Å²) < 4.78 is 22.8. The fraction of sp³-hybridized carbons (Fsp3) is 0.412. The Morgan fingerprint density at radius 2 is 1.79 bits per heavy atom. The van der Waals surface area contributed by atoms with Gasteiger partial charge < -0.3 is 23.8 Å². The maximum absolute atomic E-state index is 13.1. The molecule has 1 atom stereocenters. The molecule has 0 saturated carbocycles. The predicted molar refractivity (Wildman–Crippen MR) is 166 cm³/mol. The van der Waals surface area contributed by atoms with Crippen LogP contribution in [-0.4, -0.2) is 68.8 Å².